The van der Waals surface area contributed by atoms with Gasteiger partial charge >= 0.3 is 11.7 Å². The third-order valence-electron chi connectivity index (χ3n) is 2.45. The smallest absolute Gasteiger partial charge is 0.349 e. The van der Waals surface area contributed by atoms with Gasteiger partial charge in [0.2, 0.25) is 0 Å². The predicted octanol–water partition coefficient (Wildman–Crippen LogP) is 3.23. The number of hydrogen-bond acceptors (Lipinski definition) is 5. The van der Waals surface area contributed by atoms with Gasteiger partial charge in [-0.05, 0) is 30.3 Å². The van der Waals surface area contributed by atoms with E-state index in [9.17, 15) is 14.9 Å². The second-order valence-corrected chi connectivity index (χ2v) is 4.38. The van der Waals surface area contributed by atoms with Gasteiger partial charge in [-0.25, -0.2) is 4.79 Å². The Balaban J connectivity index is 1.95. The van der Waals surface area contributed by atoms with Crippen molar-refractivity contribution in [2.75, 3.05) is 6.61 Å². The zero-order chi connectivity index (χ0) is 15.2. The standard InChI is InChI=1S/C14H10ClNO5/c15-10-5-7-11(8-6-10)21-14(17)9-20-13-4-2-1-3-12(13)16(18)19/h1-8H,9H2. The van der Waals surface area contributed by atoms with E-state index in [1.165, 1.54) is 30.3 Å². The van der Waals surface area contributed by atoms with Crippen molar-refractivity contribution in [3.05, 3.63) is 63.7 Å². The number of carbonyl (C=O) groups is 1. The average Bonchev–Trinajstić information content (AvgIpc) is 2.48. The zero-order valence-electron chi connectivity index (χ0n) is 10.7. The Kier molecular flexibility index (Phi) is 4.73. The fourth-order valence-electron chi connectivity index (χ4n) is 1.53. The van der Waals surface area contributed by atoms with E-state index < -0.39 is 17.5 Å². The second-order valence-electron chi connectivity index (χ2n) is 3.94. The molecule has 2 aromatic rings. The summed E-state index contributed by atoms with van der Waals surface area (Å²) >= 11 is 5.71. The summed E-state index contributed by atoms with van der Waals surface area (Å²) in [5, 5.41) is 11.3. The number of rotatable bonds is 5. The maximum atomic E-state index is 11.6. The highest BCUT2D eigenvalue weighted by atomic mass is 35.5. The van der Waals surface area contributed by atoms with Gasteiger partial charge in [-0.15, -0.1) is 0 Å². The number of benzene rings is 2. The Hall–Kier alpha value is -2.60. The van der Waals surface area contributed by atoms with Gasteiger partial charge in [0.1, 0.15) is 5.75 Å². The van der Waals surface area contributed by atoms with Crippen LogP contribution >= 0.6 is 11.6 Å². The molecule has 0 aliphatic heterocycles. The van der Waals surface area contributed by atoms with E-state index in [1.807, 2.05) is 0 Å². The molecule has 2 aromatic carbocycles. The minimum Gasteiger partial charge on any atom is -0.475 e. The molecule has 6 nitrogen and oxygen atoms in total. The minimum absolute atomic E-state index is 0.00977. The molecule has 0 atom stereocenters. The Bertz CT molecular complexity index is 657. The van der Waals surface area contributed by atoms with Gasteiger partial charge in [-0.2, -0.15) is 0 Å². The largest absolute Gasteiger partial charge is 0.475 e. The average molecular weight is 308 g/mol. The molecule has 0 amide bonds. The number of nitro benzene ring substituents is 1. The lowest BCUT2D eigenvalue weighted by atomic mass is 10.3. The van der Waals surface area contributed by atoms with Crippen LogP contribution in [-0.4, -0.2) is 17.5 Å². The molecule has 21 heavy (non-hydrogen) atoms. The Morgan fingerprint density at radius 2 is 1.81 bits per heavy atom. The molecule has 0 aromatic heterocycles. The summed E-state index contributed by atoms with van der Waals surface area (Å²) < 4.78 is 10.1. The van der Waals surface area contributed by atoms with Crippen molar-refractivity contribution in [1.82, 2.24) is 0 Å². The highest BCUT2D eigenvalue weighted by Gasteiger charge is 2.15. The molecule has 0 saturated heterocycles. The van der Waals surface area contributed by atoms with E-state index in [2.05, 4.69) is 0 Å². The monoisotopic (exact) mass is 307 g/mol. The summed E-state index contributed by atoms with van der Waals surface area (Å²) in [7, 11) is 0. The summed E-state index contributed by atoms with van der Waals surface area (Å²) in [5.41, 5.74) is -0.211. The van der Waals surface area contributed by atoms with Crippen LogP contribution in [0.2, 0.25) is 5.02 Å². The first kappa shape index (κ1) is 14.8. The van der Waals surface area contributed by atoms with E-state index in [0.717, 1.165) is 0 Å². The van der Waals surface area contributed by atoms with E-state index in [1.54, 1.807) is 18.2 Å². The van der Waals surface area contributed by atoms with E-state index in [0.29, 0.717) is 10.8 Å². The number of nitro groups is 1. The van der Waals surface area contributed by atoms with Crippen LogP contribution < -0.4 is 9.47 Å². The minimum atomic E-state index is -0.671. The molecule has 0 aliphatic rings. The van der Waals surface area contributed by atoms with Gasteiger partial charge in [-0.3, -0.25) is 10.1 Å². The second kappa shape index (κ2) is 6.71. The van der Waals surface area contributed by atoms with Gasteiger partial charge in [-0.1, -0.05) is 23.7 Å². The maximum Gasteiger partial charge on any atom is 0.349 e. The molecule has 0 fully saturated rings. The van der Waals surface area contributed by atoms with Crippen LogP contribution in [0.5, 0.6) is 11.5 Å². The van der Waals surface area contributed by atoms with Crippen molar-refractivity contribution in [2.24, 2.45) is 0 Å². The first-order valence-electron chi connectivity index (χ1n) is 5.89. The van der Waals surface area contributed by atoms with Crippen molar-refractivity contribution in [1.29, 1.82) is 0 Å². The molecule has 0 aliphatic carbocycles. The highest BCUT2D eigenvalue weighted by molar-refractivity contribution is 6.30. The molecule has 108 valence electrons. The normalized spacial score (nSPS) is 9.95. The fourth-order valence-corrected chi connectivity index (χ4v) is 1.66. The molecule has 0 saturated carbocycles. The van der Waals surface area contributed by atoms with Crippen LogP contribution in [0, 0.1) is 10.1 Å². The third-order valence-corrected chi connectivity index (χ3v) is 2.70. The first-order valence-corrected chi connectivity index (χ1v) is 6.26. The van der Waals surface area contributed by atoms with Gasteiger partial charge in [0, 0.05) is 11.1 Å². The zero-order valence-corrected chi connectivity index (χ0v) is 11.4. The third kappa shape index (κ3) is 4.19. The molecule has 2 rings (SSSR count). The summed E-state index contributed by atoms with van der Waals surface area (Å²) in [5.74, 6) is -0.346. The van der Waals surface area contributed by atoms with Crippen LogP contribution in [0.4, 0.5) is 5.69 Å². The summed E-state index contributed by atoms with van der Waals surface area (Å²) in [6.07, 6.45) is 0. The number of para-hydroxylation sites is 2. The number of halogens is 1. The maximum absolute atomic E-state index is 11.6. The Morgan fingerprint density at radius 1 is 1.14 bits per heavy atom. The van der Waals surface area contributed by atoms with Crippen LogP contribution in [0.3, 0.4) is 0 Å². The van der Waals surface area contributed by atoms with E-state index in [4.69, 9.17) is 21.1 Å². The van der Waals surface area contributed by atoms with Crippen LogP contribution in [-0.2, 0) is 4.79 Å². The van der Waals surface area contributed by atoms with Gasteiger partial charge < -0.3 is 9.47 Å². The molecule has 0 unspecified atom stereocenters. The number of carbonyl (C=O) groups excluding carboxylic acids is 1. The molecule has 7 heteroatoms. The van der Waals surface area contributed by atoms with Crippen molar-refractivity contribution in [2.45, 2.75) is 0 Å². The van der Waals surface area contributed by atoms with Crippen molar-refractivity contribution in [3.63, 3.8) is 0 Å². The number of ether oxygens (including phenoxy) is 2. The lowest BCUT2D eigenvalue weighted by molar-refractivity contribution is -0.385. The van der Waals surface area contributed by atoms with Gasteiger partial charge in [0.05, 0.1) is 4.92 Å². The van der Waals surface area contributed by atoms with Crippen molar-refractivity contribution >= 4 is 23.3 Å². The molecule has 0 heterocycles. The van der Waals surface area contributed by atoms with Gasteiger partial charge in [0.15, 0.2) is 12.4 Å². The molecular formula is C14H10ClNO5. The lowest BCUT2D eigenvalue weighted by Crippen LogP contribution is -2.18. The first-order chi connectivity index (χ1) is 10.1. The SMILES string of the molecule is O=C(COc1ccccc1[N+](=O)[O-])Oc1ccc(Cl)cc1. The highest BCUT2D eigenvalue weighted by Crippen LogP contribution is 2.25. The Morgan fingerprint density at radius 3 is 2.48 bits per heavy atom. The number of hydrogen-bond donors (Lipinski definition) is 0. The number of esters is 1. The van der Waals surface area contributed by atoms with Crippen molar-refractivity contribution in [3.8, 4) is 11.5 Å². The summed E-state index contributed by atoms with van der Waals surface area (Å²) in [6, 6.07) is 12.0. The Labute approximate surface area is 125 Å². The molecular weight excluding hydrogens is 298 g/mol. The van der Waals surface area contributed by atoms with Crippen LogP contribution in [0.15, 0.2) is 48.5 Å². The summed E-state index contributed by atoms with van der Waals surface area (Å²) in [4.78, 5) is 21.8. The van der Waals surface area contributed by atoms with Gasteiger partial charge in [0.25, 0.3) is 0 Å². The summed E-state index contributed by atoms with van der Waals surface area (Å²) in [6.45, 7) is -0.437. The van der Waals surface area contributed by atoms with Crippen LogP contribution in [0.25, 0.3) is 0 Å². The van der Waals surface area contributed by atoms with E-state index in [-0.39, 0.29) is 11.4 Å². The molecule has 0 bridgehead atoms. The van der Waals surface area contributed by atoms with Crippen LogP contribution in [0.1, 0.15) is 0 Å². The number of nitrogens with zero attached hydrogens (tertiary/aromatic N) is 1. The topological polar surface area (TPSA) is 78.7 Å². The quantitative estimate of drug-likeness (QED) is 0.367. The molecule has 0 N–H and O–H groups in total. The lowest BCUT2D eigenvalue weighted by Gasteiger charge is -2.07. The molecule has 0 radical (unpaired) electrons. The fraction of sp³-hybridized carbons (Fsp3) is 0.0714. The van der Waals surface area contributed by atoms with Crippen molar-refractivity contribution < 1.29 is 19.2 Å². The predicted molar refractivity (Wildman–Crippen MR) is 75.7 cm³/mol. The molecule has 0 spiro atoms. The van der Waals surface area contributed by atoms with E-state index >= 15 is 0 Å².